The third-order valence-corrected chi connectivity index (χ3v) is 8.59. The Hall–Kier alpha value is -2.20. The summed E-state index contributed by atoms with van der Waals surface area (Å²) in [4.78, 5) is 14.3. The largest absolute Gasteiger partial charge is 0.490 e. The van der Waals surface area contributed by atoms with Crippen LogP contribution in [0, 0.1) is 0 Å². The number of unbranched alkanes of at least 4 members (excludes halogenated alkanes) is 14. The molecule has 0 aromatic heterocycles. The molecule has 2 rings (SSSR count). The summed E-state index contributed by atoms with van der Waals surface area (Å²) < 4.78 is 12.6. The summed E-state index contributed by atoms with van der Waals surface area (Å²) in [5, 5.41) is 0. The highest BCUT2D eigenvalue weighted by Gasteiger charge is 2.13. The van der Waals surface area contributed by atoms with E-state index in [0.29, 0.717) is 24.5 Å². The van der Waals surface area contributed by atoms with Gasteiger partial charge in [0.25, 0.3) is 0 Å². The van der Waals surface area contributed by atoms with Crippen molar-refractivity contribution in [2.75, 3.05) is 13.2 Å². The van der Waals surface area contributed by atoms with Gasteiger partial charge in [0, 0.05) is 15.2 Å². The van der Waals surface area contributed by atoms with E-state index in [2.05, 4.69) is 58.9 Å². The summed E-state index contributed by atoms with van der Waals surface area (Å²) in [7, 11) is 0. The number of ether oxygens (including phenoxy) is 2. The van der Waals surface area contributed by atoms with Crippen LogP contribution in [0.2, 0.25) is 0 Å². The van der Waals surface area contributed by atoms with E-state index in [-0.39, 0.29) is 10.5 Å². The lowest BCUT2D eigenvalue weighted by Gasteiger charge is -2.17. The zero-order chi connectivity index (χ0) is 31.2. The van der Waals surface area contributed by atoms with Gasteiger partial charge < -0.3 is 9.47 Å². The number of hydrogen-bond acceptors (Lipinski definition) is 4. The molecule has 4 heteroatoms. The number of allylic oxidation sites excluding steroid dienone is 1. The summed E-state index contributed by atoms with van der Waals surface area (Å²) in [6.45, 7) is 12.5. The normalized spacial score (nSPS) is 11.7. The Balaban J connectivity index is 1.93. The molecule has 0 aliphatic rings. The molecule has 0 radical (unpaired) electrons. The molecule has 2 aromatic rings. The average molecular weight is 609 g/mol. The molecule has 0 fully saturated rings. The van der Waals surface area contributed by atoms with Gasteiger partial charge in [0.2, 0.25) is 0 Å². The highest BCUT2D eigenvalue weighted by Crippen LogP contribution is 2.32. The minimum absolute atomic E-state index is 0.0281. The molecule has 0 unspecified atom stereocenters. The Morgan fingerprint density at radius 2 is 1.14 bits per heavy atom. The van der Waals surface area contributed by atoms with Gasteiger partial charge in [-0.05, 0) is 54.8 Å². The SMILES string of the molecule is CCCCCCCCCCOc1ccc(C(=O)C=Cc2ccc(SC(C)(C)C)cc2)cc1OCCCCCCCCCC. The number of rotatable bonds is 24. The van der Waals surface area contributed by atoms with Gasteiger partial charge >= 0.3 is 0 Å². The molecular formula is C39H60O3S. The van der Waals surface area contributed by atoms with Crippen molar-refractivity contribution in [2.24, 2.45) is 0 Å². The van der Waals surface area contributed by atoms with Gasteiger partial charge in [0.1, 0.15) is 0 Å². The molecule has 43 heavy (non-hydrogen) atoms. The molecular weight excluding hydrogens is 548 g/mol. The van der Waals surface area contributed by atoms with Crippen molar-refractivity contribution in [3.05, 3.63) is 59.7 Å². The number of carbonyl (C=O) groups excluding carboxylic acids is 1. The Morgan fingerprint density at radius 3 is 1.65 bits per heavy atom. The summed E-state index contributed by atoms with van der Waals surface area (Å²) >= 11 is 1.84. The summed E-state index contributed by atoms with van der Waals surface area (Å²) in [5.41, 5.74) is 1.64. The highest BCUT2D eigenvalue weighted by atomic mass is 32.2. The van der Waals surface area contributed by atoms with Gasteiger partial charge in [-0.1, -0.05) is 143 Å². The summed E-state index contributed by atoms with van der Waals surface area (Å²) in [6.07, 6.45) is 23.8. The lowest BCUT2D eigenvalue weighted by Crippen LogP contribution is -2.06. The standard InChI is InChI=1S/C39H60O3S/c1-6-8-10-12-14-16-18-20-30-41-37-29-25-34(32-38(37)42-31-21-19-17-15-13-11-9-7-2)36(40)28-24-33-22-26-35(27-23-33)43-39(3,4)5/h22-29,32H,6-21,30-31H2,1-5H3. The first-order valence-corrected chi connectivity index (χ1v) is 18.0. The maximum absolute atomic E-state index is 13.1. The minimum atomic E-state index is -0.0281. The maximum Gasteiger partial charge on any atom is 0.185 e. The van der Waals surface area contributed by atoms with E-state index in [1.807, 2.05) is 36.0 Å². The first-order valence-electron chi connectivity index (χ1n) is 17.2. The molecule has 0 saturated heterocycles. The molecule has 0 saturated carbocycles. The predicted molar refractivity (Wildman–Crippen MR) is 188 cm³/mol. The molecule has 0 amide bonds. The van der Waals surface area contributed by atoms with Crippen molar-refractivity contribution < 1.29 is 14.3 Å². The van der Waals surface area contributed by atoms with E-state index < -0.39 is 0 Å². The fourth-order valence-corrected chi connectivity index (χ4v) is 5.98. The smallest absolute Gasteiger partial charge is 0.185 e. The monoisotopic (exact) mass is 608 g/mol. The Morgan fingerprint density at radius 1 is 0.651 bits per heavy atom. The van der Waals surface area contributed by atoms with E-state index in [1.54, 1.807) is 6.08 Å². The van der Waals surface area contributed by atoms with Gasteiger partial charge in [-0.15, -0.1) is 11.8 Å². The number of hydrogen-bond donors (Lipinski definition) is 0. The van der Waals surface area contributed by atoms with Crippen LogP contribution in [0.15, 0.2) is 53.4 Å². The van der Waals surface area contributed by atoms with Crippen molar-refractivity contribution in [1.29, 1.82) is 0 Å². The van der Waals surface area contributed by atoms with Crippen LogP contribution in [0.4, 0.5) is 0 Å². The fourth-order valence-electron chi connectivity index (χ4n) is 5.00. The summed E-state index contributed by atoms with van der Waals surface area (Å²) in [6, 6.07) is 14.0. The van der Waals surface area contributed by atoms with Crippen LogP contribution in [-0.2, 0) is 0 Å². The highest BCUT2D eigenvalue weighted by molar-refractivity contribution is 8.00. The third kappa shape index (κ3) is 17.6. The summed E-state index contributed by atoms with van der Waals surface area (Å²) in [5.74, 6) is 1.40. The third-order valence-electron chi connectivity index (χ3n) is 7.47. The van der Waals surface area contributed by atoms with Gasteiger partial charge in [-0.3, -0.25) is 4.79 Å². The number of thioether (sulfide) groups is 1. The van der Waals surface area contributed by atoms with Crippen LogP contribution in [0.5, 0.6) is 11.5 Å². The molecule has 240 valence electrons. The second-order valence-electron chi connectivity index (χ2n) is 12.8. The topological polar surface area (TPSA) is 35.5 Å². The van der Waals surface area contributed by atoms with Crippen LogP contribution in [0.25, 0.3) is 6.08 Å². The van der Waals surface area contributed by atoms with Crippen LogP contribution < -0.4 is 9.47 Å². The van der Waals surface area contributed by atoms with Gasteiger partial charge in [-0.25, -0.2) is 0 Å². The lowest BCUT2D eigenvalue weighted by molar-refractivity contribution is 0.104. The molecule has 0 aliphatic carbocycles. The van der Waals surface area contributed by atoms with Crippen molar-refractivity contribution >= 4 is 23.6 Å². The van der Waals surface area contributed by atoms with Crippen LogP contribution in [0.3, 0.4) is 0 Å². The average Bonchev–Trinajstić information content (AvgIpc) is 2.98. The second kappa shape index (κ2) is 22.3. The Labute approximate surface area is 268 Å². The molecule has 3 nitrogen and oxygen atoms in total. The first kappa shape index (κ1) is 37.0. The van der Waals surface area contributed by atoms with E-state index >= 15 is 0 Å². The van der Waals surface area contributed by atoms with Crippen LogP contribution in [0.1, 0.15) is 153 Å². The zero-order valence-electron chi connectivity index (χ0n) is 28.1. The van der Waals surface area contributed by atoms with E-state index in [4.69, 9.17) is 9.47 Å². The van der Waals surface area contributed by atoms with Crippen LogP contribution in [-0.4, -0.2) is 23.7 Å². The number of ketones is 1. The molecule has 0 aliphatic heterocycles. The maximum atomic E-state index is 13.1. The molecule has 0 N–H and O–H groups in total. The van der Waals surface area contributed by atoms with Crippen molar-refractivity contribution in [2.45, 2.75) is 147 Å². The zero-order valence-corrected chi connectivity index (χ0v) is 28.9. The minimum Gasteiger partial charge on any atom is -0.490 e. The Bertz CT molecular complexity index is 1040. The molecule has 0 spiro atoms. The van der Waals surface area contributed by atoms with Crippen molar-refractivity contribution in [3.8, 4) is 11.5 Å². The van der Waals surface area contributed by atoms with Gasteiger partial charge in [-0.2, -0.15) is 0 Å². The van der Waals surface area contributed by atoms with Gasteiger partial charge in [0.15, 0.2) is 17.3 Å². The number of carbonyl (C=O) groups is 1. The molecule has 0 heterocycles. The Kier molecular flexibility index (Phi) is 19.2. The second-order valence-corrected chi connectivity index (χ2v) is 14.7. The van der Waals surface area contributed by atoms with Gasteiger partial charge in [0.05, 0.1) is 13.2 Å². The fraction of sp³-hybridized carbons (Fsp3) is 0.615. The molecule has 0 bridgehead atoms. The number of benzene rings is 2. The molecule has 2 aromatic carbocycles. The quantitative estimate of drug-likeness (QED) is 0.0514. The van der Waals surface area contributed by atoms with E-state index in [9.17, 15) is 4.79 Å². The van der Waals surface area contributed by atoms with Crippen LogP contribution >= 0.6 is 11.8 Å². The molecule has 0 atom stereocenters. The lowest BCUT2D eigenvalue weighted by atomic mass is 10.1. The predicted octanol–water partition coefficient (Wildman–Crippen LogP) is 12.5. The van der Waals surface area contributed by atoms with Crippen molar-refractivity contribution in [1.82, 2.24) is 0 Å². The van der Waals surface area contributed by atoms with E-state index in [0.717, 1.165) is 24.2 Å². The van der Waals surface area contributed by atoms with E-state index in [1.165, 1.54) is 94.8 Å². The van der Waals surface area contributed by atoms with Crippen molar-refractivity contribution in [3.63, 3.8) is 0 Å². The first-order chi connectivity index (χ1) is 20.8.